The van der Waals surface area contributed by atoms with Crippen LogP contribution < -0.4 is 5.32 Å². The average molecular weight is 395 g/mol. The average Bonchev–Trinajstić information content (AvgIpc) is 3.21. The van der Waals surface area contributed by atoms with Gasteiger partial charge in [-0.1, -0.05) is 30.3 Å². The van der Waals surface area contributed by atoms with Crippen LogP contribution in [0.15, 0.2) is 48.5 Å². The summed E-state index contributed by atoms with van der Waals surface area (Å²) >= 11 is 0. The lowest BCUT2D eigenvalue weighted by molar-refractivity contribution is 0.0617. The van der Waals surface area contributed by atoms with Crippen LogP contribution in [0.3, 0.4) is 0 Å². The third-order valence-electron chi connectivity index (χ3n) is 5.50. The number of hydrogen-bond donors (Lipinski definition) is 2. The van der Waals surface area contributed by atoms with Crippen LogP contribution in [0.25, 0.3) is 22.2 Å². The van der Waals surface area contributed by atoms with E-state index in [0.717, 1.165) is 49.5 Å². The van der Waals surface area contributed by atoms with Gasteiger partial charge >= 0.3 is 0 Å². The van der Waals surface area contributed by atoms with E-state index in [1.807, 2.05) is 6.07 Å². The fraction of sp³-hybridized carbons (Fsp3) is 0.417. The summed E-state index contributed by atoms with van der Waals surface area (Å²) in [5.41, 5.74) is 5.78. The van der Waals surface area contributed by atoms with Gasteiger partial charge in [0.2, 0.25) is 0 Å². The van der Waals surface area contributed by atoms with E-state index in [4.69, 9.17) is 14.2 Å². The summed E-state index contributed by atoms with van der Waals surface area (Å²) in [6.07, 6.45) is 2.24. The van der Waals surface area contributed by atoms with E-state index in [2.05, 4.69) is 52.8 Å². The van der Waals surface area contributed by atoms with Gasteiger partial charge in [0.05, 0.1) is 31.0 Å². The highest BCUT2D eigenvalue weighted by atomic mass is 16.5. The minimum Gasteiger partial charge on any atom is -0.383 e. The molecule has 0 amide bonds. The minimum absolute atomic E-state index is 0.580. The lowest BCUT2D eigenvalue weighted by Gasteiger charge is -2.23. The van der Waals surface area contributed by atoms with E-state index < -0.39 is 0 Å². The molecule has 5 heteroatoms. The standard InChI is InChI=1S/C24H30N2O3/c1-27-11-12-29-17-19-13-21-15-22(20-5-3-2-4-6-20)26-24(21)23(14-19)25-16-18-7-9-28-10-8-18/h2-6,13-15,18,25-26H,7-12,16-17H2,1H3. The molecule has 0 radical (unpaired) electrons. The Morgan fingerprint density at radius 1 is 1.07 bits per heavy atom. The van der Waals surface area contributed by atoms with Crippen molar-refractivity contribution in [2.75, 3.05) is 45.4 Å². The van der Waals surface area contributed by atoms with Crippen molar-refractivity contribution >= 4 is 16.6 Å². The van der Waals surface area contributed by atoms with Crippen molar-refractivity contribution in [3.05, 3.63) is 54.1 Å². The second-order valence-corrected chi connectivity index (χ2v) is 7.64. The maximum Gasteiger partial charge on any atom is 0.0719 e. The second kappa shape index (κ2) is 9.92. The summed E-state index contributed by atoms with van der Waals surface area (Å²) < 4.78 is 16.3. The molecule has 1 aliphatic rings. The predicted octanol–water partition coefficient (Wildman–Crippen LogP) is 4.84. The molecule has 29 heavy (non-hydrogen) atoms. The summed E-state index contributed by atoms with van der Waals surface area (Å²) in [5.74, 6) is 0.656. The molecule has 3 aromatic rings. The molecule has 0 spiro atoms. The van der Waals surface area contributed by atoms with E-state index in [0.29, 0.717) is 25.7 Å². The largest absolute Gasteiger partial charge is 0.383 e. The SMILES string of the molecule is COCCOCc1cc(NCC2CCOCC2)c2[nH]c(-c3ccccc3)cc2c1. The molecule has 0 atom stereocenters. The number of rotatable bonds is 9. The van der Waals surface area contributed by atoms with Crippen molar-refractivity contribution in [1.29, 1.82) is 0 Å². The maximum atomic E-state index is 5.77. The number of benzene rings is 2. The molecule has 0 aliphatic carbocycles. The molecule has 1 saturated heterocycles. The Bertz CT molecular complexity index is 901. The fourth-order valence-corrected chi connectivity index (χ4v) is 3.84. The minimum atomic E-state index is 0.580. The van der Waals surface area contributed by atoms with Gasteiger partial charge in [0, 0.05) is 37.9 Å². The first-order valence-corrected chi connectivity index (χ1v) is 10.4. The molecule has 1 fully saturated rings. The number of aromatic nitrogens is 1. The van der Waals surface area contributed by atoms with Crippen LogP contribution in [0.4, 0.5) is 5.69 Å². The van der Waals surface area contributed by atoms with Crippen LogP contribution in [-0.4, -0.2) is 45.1 Å². The zero-order valence-electron chi connectivity index (χ0n) is 17.1. The van der Waals surface area contributed by atoms with Gasteiger partial charge < -0.3 is 24.5 Å². The second-order valence-electron chi connectivity index (χ2n) is 7.64. The number of nitrogens with one attached hydrogen (secondary N) is 2. The van der Waals surface area contributed by atoms with Gasteiger partial charge in [0.1, 0.15) is 0 Å². The Morgan fingerprint density at radius 3 is 2.69 bits per heavy atom. The molecule has 0 saturated carbocycles. The highest BCUT2D eigenvalue weighted by molar-refractivity contribution is 5.95. The number of aromatic amines is 1. The summed E-state index contributed by atoms with van der Waals surface area (Å²) in [7, 11) is 1.69. The fourth-order valence-electron chi connectivity index (χ4n) is 3.84. The third kappa shape index (κ3) is 5.18. The summed E-state index contributed by atoms with van der Waals surface area (Å²) in [6, 6.07) is 17.1. The topological polar surface area (TPSA) is 55.5 Å². The lowest BCUT2D eigenvalue weighted by Crippen LogP contribution is -2.22. The smallest absolute Gasteiger partial charge is 0.0719 e. The predicted molar refractivity (Wildman–Crippen MR) is 117 cm³/mol. The van der Waals surface area contributed by atoms with Crippen molar-refractivity contribution in [3.8, 4) is 11.3 Å². The van der Waals surface area contributed by atoms with E-state index >= 15 is 0 Å². The molecule has 0 unspecified atom stereocenters. The quantitative estimate of drug-likeness (QED) is 0.510. The van der Waals surface area contributed by atoms with Crippen LogP contribution in [0, 0.1) is 5.92 Å². The van der Waals surface area contributed by atoms with Crippen molar-refractivity contribution in [3.63, 3.8) is 0 Å². The van der Waals surface area contributed by atoms with E-state index in [9.17, 15) is 0 Å². The van der Waals surface area contributed by atoms with E-state index in [-0.39, 0.29) is 0 Å². The molecular weight excluding hydrogens is 364 g/mol. The summed E-state index contributed by atoms with van der Waals surface area (Å²) in [5, 5.41) is 4.90. The van der Waals surface area contributed by atoms with Gasteiger partial charge in [-0.3, -0.25) is 0 Å². The molecule has 2 aromatic carbocycles. The van der Waals surface area contributed by atoms with Crippen LogP contribution in [0.2, 0.25) is 0 Å². The van der Waals surface area contributed by atoms with Crippen LogP contribution in [0.5, 0.6) is 0 Å². The van der Waals surface area contributed by atoms with Crippen molar-refractivity contribution < 1.29 is 14.2 Å². The number of methoxy groups -OCH3 is 1. The van der Waals surface area contributed by atoms with Crippen molar-refractivity contribution in [2.24, 2.45) is 5.92 Å². The molecule has 5 nitrogen and oxygen atoms in total. The Morgan fingerprint density at radius 2 is 1.90 bits per heavy atom. The van der Waals surface area contributed by atoms with Gasteiger partial charge in [-0.15, -0.1) is 0 Å². The number of anilines is 1. The number of hydrogen-bond acceptors (Lipinski definition) is 4. The van der Waals surface area contributed by atoms with Crippen LogP contribution in [0.1, 0.15) is 18.4 Å². The van der Waals surface area contributed by atoms with Crippen LogP contribution >= 0.6 is 0 Å². The normalized spacial score (nSPS) is 15.1. The zero-order valence-corrected chi connectivity index (χ0v) is 17.1. The first-order valence-electron chi connectivity index (χ1n) is 10.4. The molecule has 154 valence electrons. The molecule has 2 N–H and O–H groups in total. The van der Waals surface area contributed by atoms with Gasteiger partial charge in [0.25, 0.3) is 0 Å². The molecular formula is C24H30N2O3. The molecule has 1 aromatic heterocycles. The van der Waals surface area contributed by atoms with Gasteiger partial charge in [-0.2, -0.15) is 0 Å². The van der Waals surface area contributed by atoms with Crippen molar-refractivity contribution in [1.82, 2.24) is 4.98 Å². The molecule has 2 heterocycles. The first-order chi connectivity index (χ1) is 14.3. The van der Waals surface area contributed by atoms with Gasteiger partial charge in [-0.05, 0) is 48.1 Å². The van der Waals surface area contributed by atoms with E-state index in [1.165, 1.54) is 16.5 Å². The third-order valence-corrected chi connectivity index (χ3v) is 5.50. The lowest BCUT2D eigenvalue weighted by atomic mass is 10.00. The maximum absolute atomic E-state index is 5.77. The summed E-state index contributed by atoms with van der Waals surface area (Å²) in [6.45, 7) is 4.50. The Kier molecular flexibility index (Phi) is 6.83. The molecule has 0 bridgehead atoms. The number of H-pyrrole nitrogens is 1. The highest BCUT2D eigenvalue weighted by Gasteiger charge is 2.15. The van der Waals surface area contributed by atoms with Crippen LogP contribution in [-0.2, 0) is 20.8 Å². The van der Waals surface area contributed by atoms with E-state index in [1.54, 1.807) is 7.11 Å². The van der Waals surface area contributed by atoms with Crippen molar-refractivity contribution in [2.45, 2.75) is 19.4 Å². The first kappa shape index (κ1) is 20.0. The highest BCUT2D eigenvalue weighted by Crippen LogP contribution is 2.31. The Balaban J connectivity index is 1.59. The Hall–Kier alpha value is -2.34. The molecule has 1 aliphatic heterocycles. The number of ether oxygens (including phenoxy) is 3. The Labute approximate surface area is 172 Å². The van der Waals surface area contributed by atoms with Gasteiger partial charge in [0.15, 0.2) is 0 Å². The molecule has 4 rings (SSSR count). The van der Waals surface area contributed by atoms with Gasteiger partial charge in [-0.25, -0.2) is 0 Å². The zero-order chi connectivity index (χ0) is 19.9. The summed E-state index contributed by atoms with van der Waals surface area (Å²) in [4.78, 5) is 3.62. The monoisotopic (exact) mass is 394 g/mol. The number of fused-ring (bicyclic) bond motifs is 1.